The summed E-state index contributed by atoms with van der Waals surface area (Å²) in [6.45, 7) is 0.0761. The van der Waals surface area contributed by atoms with E-state index in [2.05, 4.69) is 10.1 Å². The van der Waals surface area contributed by atoms with Gasteiger partial charge in [0.1, 0.15) is 6.61 Å². The molecule has 2 atom stereocenters. The van der Waals surface area contributed by atoms with Crippen molar-refractivity contribution in [1.29, 1.82) is 0 Å². The van der Waals surface area contributed by atoms with Crippen molar-refractivity contribution in [2.75, 3.05) is 19.7 Å². The molecule has 0 saturated carbocycles. The van der Waals surface area contributed by atoms with Crippen LogP contribution in [0.25, 0.3) is 0 Å². The topological polar surface area (TPSA) is 41.5 Å². The number of hydrogen-bond donors (Lipinski definition) is 2. The molecule has 0 aromatic heterocycles. The monoisotopic (exact) mass is 263 g/mol. The Morgan fingerprint density at radius 3 is 2.41 bits per heavy atom. The lowest BCUT2D eigenvalue weighted by Gasteiger charge is -2.37. The number of piperidine rings is 1. The molecule has 1 fully saturated rings. The van der Waals surface area contributed by atoms with Crippen LogP contribution in [0.1, 0.15) is 13.3 Å². The van der Waals surface area contributed by atoms with Crippen molar-refractivity contribution in [3.8, 4) is 0 Å². The second kappa shape index (κ2) is 4.66. The van der Waals surface area contributed by atoms with Crippen molar-refractivity contribution in [3.63, 3.8) is 0 Å². The lowest BCUT2D eigenvalue weighted by Crippen LogP contribution is -2.55. The van der Waals surface area contributed by atoms with Crippen molar-refractivity contribution in [3.05, 3.63) is 0 Å². The van der Waals surface area contributed by atoms with Gasteiger partial charge in [-0.15, -0.1) is 0 Å². The minimum Gasteiger partial charge on any atom is -0.387 e. The summed E-state index contributed by atoms with van der Waals surface area (Å²) in [6.07, 6.45) is -6.49. The Kier molecular flexibility index (Phi) is 4.00. The number of ether oxygens (including phenoxy) is 1. The van der Waals surface area contributed by atoms with Crippen LogP contribution in [-0.4, -0.2) is 48.6 Å². The predicted molar refractivity (Wildman–Crippen MR) is 48.9 cm³/mol. The molecule has 0 aromatic rings. The van der Waals surface area contributed by atoms with Crippen LogP contribution in [0, 0.1) is 0 Å². The summed E-state index contributed by atoms with van der Waals surface area (Å²) in [7, 11) is 0. The Balaban J connectivity index is 2.55. The first-order valence-electron chi connectivity index (χ1n) is 5.05. The van der Waals surface area contributed by atoms with Gasteiger partial charge in [-0.1, -0.05) is 0 Å². The number of halogens is 5. The number of nitrogens with one attached hydrogen (secondary N) is 1. The van der Waals surface area contributed by atoms with Crippen LogP contribution in [0.15, 0.2) is 0 Å². The standard InChI is InChI=1S/C9H14F5NO2/c1-7(16)2-3-15-4-6(7)17-5-8(10,11)9(12,13)14/h6,15-16H,2-5H2,1H3. The van der Waals surface area contributed by atoms with Crippen molar-refractivity contribution < 1.29 is 31.8 Å². The van der Waals surface area contributed by atoms with E-state index < -0.39 is 30.4 Å². The highest BCUT2D eigenvalue weighted by Crippen LogP contribution is 2.36. The molecule has 17 heavy (non-hydrogen) atoms. The first-order valence-corrected chi connectivity index (χ1v) is 5.05. The molecule has 1 rings (SSSR count). The van der Waals surface area contributed by atoms with E-state index in [1.54, 1.807) is 0 Å². The molecular weight excluding hydrogens is 249 g/mol. The summed E-state index contributed by atoms with van der Waals surface area (Å²) in [6, 6.07) is 0. The predicted octanol–water partition coefficient (Wildman–Crippen LogP) is 1.31. The second-order valence-electron chi connectivity index (χ2n) is 4.31. The van der Waals surface area contributed by atoms with E-state index in [1.165, 1.54) is 6.92 Å². The normalized spacial score (nSPS) is 31.6. The highest BCUT2D eigenvalue weighted by molar-refractivity contribution is 4.90. The van der Waals surface area contributed by atoms with E-state index >= 15 is 0 Å². The van der Waals surface area contributed by atoms with Crippen LogP contribution in [-0.2, 0) is 4.74 Å². The molecule has 0 radical (unpaired) electrons. The lowest BCUT2D eigenvalue weighted by atomic mass is 9.92. The number of aliphatic hydroxyl groups is 1. The highest BCUT2D eigenvalue weighted by atomic mass is 19.4. The number of hydrogen-bond acceptors (Lipinski definition) is 3. The van der Waals surface area contributed by atoms with E-state index in [9.17, 15) is 27.1 Å². The van der Waals surface area contributed by atoms with Gasteiger partial charge in [-0.3, -0.25) is 0 Å². The molecular formula is C9H14F5NO2. The number of rotatable bonds is 3. The van der Waals surface area contributed by atoms with Gasteiger partial charge < -0.3 is 15.2 Å². The van der Waals surface area contributed by atoms with Crippen LogP contribution < -0.4 is 5.32 Å². The van der Waals surface area contributed by atoms with Crippen molar-refractivity contribution in [1.82, 2.24) is 5.32 Å². The zero-order valence-electron chi connectivity index (χ0n) is 9.15. The van der Waals surface area contributed by atoms with Crippen LogP contribution in [0.4, 0.5) is 22.0 Å². The van der Waals surface area contributed by atoms with Gasteiger partial charge in [-0.2, -0.15) is 22.0 Å². The van der Waals surface area contributed by atoms with Gasteiger partial charge in [0.25, 0.3) is 0 Å². The second-order valence-corrected chi connectivity index (χ2v) is 4.31. The van der Waals surface area contributed by atoms with Gasteiger partial charge in [0.15, 0.2) is 0 Å². The lowest BCUT2D eigenvalue weighted by molar-refractivity contribution is -0.304. The van der Waals surface area contributed by atoms with Gasteiger partial charge in [0.2, 0.25) is 0 Å². The zero-order valence-corrected chi connectivity index (χ0v) is 9.15. The summed E-state index contributed by atoms with van der Waals surface area (Å²) in [5.41, 5.74) is -1.40. The summed E-state index contributed by atoms with van der Waals surface area (Å²) >= 11 is 0. The molecule has 1 aliphatic heterocycles. The fourth-order valence-electron chi connectivity index (χ4n) is 1.48. The molecule has 0 aliphatic carbocycles. The highest BCUT2D eigenvalue weighted by Gasteiger charge is 2.58. The third kappa shape index (κ3) is 3.49. The Morgan fingerprint density at radius 1 is 1.35 bits per heavy atom. The zero-order chi connectivity index (χ0) is 13.3. The van der Waals surface area contributed by atoms with Gasteiger partial charge in [-0.05, 0) is 19.9 Å². The molecule has 2 N–H and O–H groups in total. The van der Waals surface area contributed by atoms with E-state index in [0.717, 1.165) is 0 Å². The van der Waals surface area contributed by atoms with E-state index in [-0.39, 0.29) is 13.0 Å². The molecule has 0 spiro atoms. The average Bonchev–Trinajstić information content (AvgIpc) is 2.13. The molecule has 102 valence electrons. The Labute approximate surface area is 94.9 Å². The third-order valence-corrected chi connectivity index (χ3v) is 2.71. The molecule has 0 bridgehead atoms. The first kappa shape index (κ1) is 14.6. The summed E-state index contributed by atoms with van der Waals surface area (Å²) in [5.74, 6) is -4.90. The fourth-order valence-corrected chi connectivity index (χ4v) is 1.48. The minimum atomic E-state index is -5.64. The Morgan fingerprint density at radius 2 is 1.94 bits per heavy atom. The quantitative estimate of drug-likeness (QED) is 0.754. The SMILES string of the molecule is CC1(O)CCNCC1OCC(F)(F)C(F)(F)F. The largest absolute Gasteiger partial charge is 0.455 e. The van der Waals surface area contributed by atoms with Crippen molar-refractivity contribution in [2.45, 2.75) is 37.1 Å². The molecule has 0 aromatic carbocycles. The van der Waals surface area contributed by atoms with E-state index in [4.69, 9.17) is 0 Å². The fraction of sp³-hybridized carbons (Fsp3) is 1.00. The van der Waals surface area contributed by atoms with Gasteiger partial charge in [0, 0.05) is 6.54 Å². The molecule has 0 amide bonds. The smallest absolute Gasteiger partial charge is 0.387 e. The molecule has 1 aliphatic rings. The van der Waals surface area contributed by atoms with Gasteiger partial charge in [-0.25, -0.2) is 0 Å². The third-order valence-electron chi connectivity index (χ3n) is 2.71. The maximum absolute atomic E-state index is 12.6. The van der Waals surface area contributed by atoms with Gasteiger partial charge in [0.05, 0.1) is 11.7 Å². The van der Waals surface area contributed by atoms with Gasteiger partial charge >= 0.3 is 12.1 Å². The Hall–Kier alpha value is -0.470. The van der Waals surface area contributed by atoms with E-state index in [0.29, 0.717) is 6.54 Å². The maximum atomic E-state index is 12.6. The van der Waals surface area contributed by atoms with Crippen LogP contribution >= 0.6 is 0 Å². The summed E-state index contributed by atoms with van der Waals surface area (Å²) < 4.78 is 65.3. The van der Waals surface area contributed by atoms with Crippen molar-refractivity contribution >= 4 is 0 Å². The van der Waals surface area contributed by atoms with Crippen LogP contribution in [0.3, 0.4) is 0 Å². The van der Waals surface area contributed by atoms with Crippen LogP contribution in [0.2, 0.25) is 0 Å². The van der Waals surface area contributed by atoms with E-state index in [1.807, 2.05) is 0 Å². The molecule has 8 heteroatoms. The maximum Gasteiger partial charge on any atom is 0.455 e. The number of alkyl halides is 5. The Bertz CT molecular complexity index is 267. The molecule has 1 heterocycles. The van der Waals surface area contributed by atoms with Crippen molar-refractivity contribution in [2.24, 2.45) is 0 Å². The molecule has 2 unspecified atom stereocenters. The average molecular weight is 263 g/mol. The molecule has 3 nitrogen and oxygen atoms in total. The summed E-state index contributed by atoms with van der Waals surface area (Å²) in [5, 5.41) is 12.5. The van der Waals surface area contributed by atoms with Crippen LogP contribution in [0.5, 0.6) is 0 Å². The summed E-state index contributed by atoms with van der Waals surface area (Å²) in [4.78, 5) is 0. The first-order chi connectivity index (χ1) is 7.56. The minimum absolute atomic E-state index is 0.0426. The molecule has 1 saturated heterocycles.